The number of rotatable bonds is 6. The third-order valence-corrected chi connectivity index (χ3v) is 6.01. The molecular weight excluding hydrogens is 326 g/mol. The second-order valence-electron chi connectivity index (χ2n) is 7.89. The second-order valence-corrected chi connectivity index (χ2v) is 7.89. The highest BCUT2D eigenvalue weighted by molar-refractivity contribution is 5.77. The van der Waals surface area contributed by atoms with Gasteiger partial charge in [0.05, 0.1) is 11.7 Å². The lowest BCUT2D eigenvalue weighted by molar-refractivity contribution is -0.136. The zero-order chi connectivity index (χ0) is 17.5. The van der Waals surface area contributed by atoms with Crippen LogP contribution in [-0.2, 0) is 11.2 Å². The van der Waals surface area contributed by atoms with Crippen LogP contribution in [0, 0.1) is 5.92 Å². The monoisotopic (exact) mass is 351 g/mol. The predicted octanol–water partition coefficient (Wildman–Crippen LogP) is 3.02. The van der Waals surface area contributed by atoms with Crippen LogP contribution in [-0.4, -0.2) is 38.8 Å². The van der Waals surface area contributed by atoms with E-state index in [1.165, 1.54) is 18.5 Å². The van der Waals surface area contributed by atoms with E-state index in [-0.39, 0.29) is 11.9 Å². The molecule has 1 amide bonds. The highest BCUT2D eigenvalue weighted by atomic mass is 16.2. The van der Waals surface area contributed by atoms with E-state index < -0.39 is 0 Å². The number of aromatic nitrogens is 3. The Hall–Kier alpha value is -2.37. The van der Waals surface area contributed by atoms with Gasteiger partial charge >= 0.3 is 0 Å². The van der Waals surface area contributed by atoms with Crippen molar-refractivity contribution in [3.05, 3.63) is 41.5 Å². The Morgan fingerprint density at radius 3 is 3.04 bits per heavy atom. The van der Waals surface area contributed by atoms with Crippen LogP contribution < -0.4 is 5.32 Å². The molecule has 0 spiro atoms. The van der Waals surface area contributed by atoms with Crippen LogP contribution in [0.3, 0.4) is 0 Å². The van der Waals surface area contributed by atoms with Crippen molar-refractivity contribution in [1.29, 1.82) is 0 Å². The summed E-state index contributed by atoms with van der Waals surface area (Å²) in [6, 6.07) is 4.17. The maximum atomic E-state index is 12.8. The van der Waals surface area contributed by atoms with Crippen LogP contribution in [0.25, 0.3) is 0 Å². The van der Waals surface area contributed by atoms with Crippen molar-refractivity contribution in [3.63, 3.8) is 0 Å². The van der Waals surface area contributed by atoms with Crippen molar-refractivity contribution in [3.8, 4) is 0 Å². The molecule has 2 aliphatic heterocycles. The molecule has 26 heavy (non-hydrogen) atoms. The number of anilines is 1. The van der Waals surface area contributed by atoms with Gasteiger partial charge in [0.2, 0.25) is 11.9 Å². The van der Waals surface area contributed by atoms with Crippen molar-refractivity contribution in [1.82, 2.24) is 19.9 Å². The number of hydrogen-bond acceptors (Lipinski definition) is 4. The number of fused-ring (bicyclic) bond motifs is 2. The summed E-state index contributed by atoms with van der Waals surface area (Å²) in [6.45, 7) is 1.79. The first-order valence-electron chi connectivity index (χ1n) is 9.80. The van der Waals surface area contributed by atoms with E-state index in [0.29, 0.717) is 12.3 Å². The molecule has 2 aromatic rings. The number of hydrogen-bond donors (Lipinski definition) is 2. The smallest absolute Gasteiger partial charge is 0.223 e. The number of piperidine rings is 1. The van der Waals surface area contributed by atoms with Crippen LogP contribution in [0.4, 0.5) is 5.95 Å². The Balaban J connectivity index is 1.29. The van der Waals surface area contributed by atoms with Gasteiger partial charge in [-0.25, -0.2) is 9.97 Å². The second kappa shape index (κ2) is 6.41. The maximum Gasteiger partial charge on any atom is 0.223 e. The van der Waals surface area contributed by atoms with Crippen LogP contribution in [0.2, 0.25) is 0 Å². The predicted molar refractivity (Wildman–Crippen MR) is 98.8 cm³/mol. The number of aryl methyl sites for hydroxylation is 1. The molecule has 6 heteroatoms. The standard InChI is InChI=1S/C20H25N5O/c26-18(8-6-15-2-1-9-21-15)25-12-14-5-7-17(25)16-11-23-20(24-19(14)16)22-10-13-3-4-13/h1-2,9,11,13-14,17,21H,3-8,10,12H2,(H,22,23,24). The number of carbonyl (C=O) groups is 1. The largest absolute Gasteiger partial charge is 0.365 e. The molecule has 2 N–H and O–H groups in total. The lowest BCUT2D eigenvalue weighted by atomic mass is 9.78. The molecule has 6 rings (SSSR count). The summed E-state index contributed by atoms with van der Waals surface area (Å²) in [5.41, 5.74) is 3.45. The zero-order valence-corrected chi connectivity index (χ0v) is 14.9. The van der Waals surface area contributed by atoms with Crippen LogP contribution in [0.15, 0.2) is 24.5 Å². The Bertz CT molecular complexity index is 799. The van der Waals surface area contributed by atoms with E-state index in [9.17, 15) is 4.79 Å². The van der Waals surface area contributed by atoms with Gasteiger partial charge in [0.1, 0.15) is 0 Å². The molecule has 2 aromatic heterocycles. The average molecular weight is 351 g/mol. The molecule has 2 aliphatic carbocycles. The fraction of sp³-hybridized carbons (Fsp3) is 0.550. The molecule has 0 radical (unpaired) electrons. The highest BCUT2D eigenvalue weighted by Gasteiger charge is 2.41. The summed E-state index contributed by atoms with van der Waals surface area (Å²) in [5, 5.41) is 3.38. The summed E-state index contributed by atoms with van der Waals surface area (Å²) >= 11 is 0. The molecule has 4 aliphatic rings. The van der Waals surface area contributed by atoms with Gasteiger partial charge < -0.3 is 15.2 Å². The fourth-order valence-corrected chi connectivity index (χ4v) is 4.33. The minimum absolute atomic E-state index is 0.156. The summed E-state index contributed by atoms with van der Waals surface area (Å²) < 4.78 is 0. The number of H-pyrrole nitrogens is 1. The Morgan fingerprint density at radius 2 is 2.23 bits per heavy atom. The number of amides is 1. The van der Waals surface area contributed by atoms with Gasteiger partial charge in [0.15, 0.2) is 0 Å². The van der Waals surface area contributed by atoms with Gasteiger partial charge in [0, 0.05) is 49.1 Å². The van der Waals surface area contributed by atoms with E-state index in [0.717, 1.165) is 55.5 Å². The average Bonchev–Trinajstić information content (AvgIpc) is 3.37. The van der Waals surface area contributed by atoms with Crippen molar-refractivity contribution in [2.45, 2.75) is 50.5 Å². The lowest BCUT2D eigenvalue weighted by Gasteiger charge is -2.45. The molecule has 136 valence electrons. The molecule has 2 bridgehead atoms. The summed E-state index contributed by atoms with van der Waals surface area (Å²) in [5.74, 6) is 2.16. The Kier molecular flexibility index (Phi) is 3.91. The molecule has 1 saturated heterocycles. The SMILES string of the molecule is O=C(CCc1ccc[nH]1)N1CC2CCC1c1cnc(NCC3CC3)nc12. The van der Waals surface area contributed by atoms with Gasteiger partial charge in [-0.1, -0.05) is 0 Å². The molecule has 2 atom stereocenters. The Morgan fingerprint density at radius 1 is 1.31 bits per heavy atom. The van der Waals surface area contributed by atoms with Gasteiger partial charge in [0.25, 0.3) is 0 Å². The summed E-state index contributed by atoms with van der Waals surface area (Å²) in [6.07, 6.45) is 9.99. The van der Waals surface area contributed by atoms with Crippen molar-refractivity contribution >= 4 is 11.9 Å². The van der Waals surface area contributed by atoms with E-state index in [1.807, 2.05) is 24.5 Å². The third kappa shape index (κ3) is 2.97. The van der Waals surface area contributed by atoms with Crippen molar-refractivity contribution < 1.29 is 4.79 Å². The van der Waals surface area contributed by atoms with Gasteiger partial charge in [-0.15, -0.1) is 0 Å². The van der Waals surface area contributed by atoms with Crippen LogP contribution in [0.1, 0.15) is 61.0 Å². The normalized spacial score (nSPS) is 23.8. The first-order valence-corrected chi connectivity index (χ1v) is 9.80. The Labute approximate surface area is 153 Å². The van der Waals surface area contributed by atoms with Gasteiger partial charge in [-0.3, -0.25) is 4.79 Å². The fourth-order valence-electron chi connectivity index (χ4n) is 4.33. The number of carbonyl (C=O) groups excluding carboxylic acids is 1. The molecule has 0 aromatic carbocycles. The molecule has 6 nitrogen and oxygen atoms in total. The maximum absolute atomic E-state index is 12.8. The minimum atomic E-state index is 0.156. The molecule has 1 saturated carbocycles. The molecule has 2 unspecified atom stereocenters. The highest BCUT2D eigenvalue weighted by Crippen LogP contribution is 2.46. The summed E-state index contributed by atoms with van der Waals surface area (Å²) in [4.78, 5) is 27.4. The number of nitrogens with one attached hydrogen (secondary N) is 2. The van der Waals surface area contributed by atoms with E-state index in [2.05, 4.69) is 20.2 Å². The summed E-state index contributed by atoms with van der Waals surface area (Å²) in [7, 11) is 0. The first-order chi connectivity index (χ1) is 12.8. The number of aromatic amines is 1. The minimum Gasteiger partial charge on any atom is -0.365 e. The van der Waals surface area contributed by atoms with E-state index >= 15 is 0 Å². The van der Waals surface area contributed by atoms with Crippen LogP contribution in [0.5, 0.6) is 0 Å². The van der Waals surface area contributed by atoms with Crippen molar-refractivity contribution in [2.75, 3.05) is 18.4 Å². The van der Waals surface area contributed by atoms with E-state index in [1.54, 1.807) is 0 Å². The van der Waals surface area contributed by atoms with Gasteiger partial charge in [-0.2, -0.15) is 0 Å². The van der Waals surface area contributed by atoms with Crippen LogP contribution >= 0.6 is 0 Å². The lowest BCUT2D eigenvalue weighted by Crippen LogP contribution is -2.46. The first kappa shape index (κ1) is 15.9. The molecular formula is C20H25N5O. The number of nitrogens with zero attached hydrogens (tertiary/aromatic N) is 3. The zero-order valence-electron chi connectivity index (χ0n) is 14.9. The quantitative estimate of drug-likeness (QED) is 0.839. The topological polar surface area (TPSA) is 73.9 Å². The van der Waals surface area contributed by atoms with E-state index in [4.69, 9.17) is 4.98 Å². The van der Waals surface area contributed by atoms with Crippen molar-refractivity contribution in [2.24, 2.45) is 5.92 Å². The molecule has 4 heterocycles. The van der Waals surface area contributed by atoms with Gasteiger partial charge in [-0.05, 0) is 50.2 Å². The molecule has 2 fully saturated rings. The third-order valence-electron chi connectivity index (χ3n) is 6.01.